The third-order valence-electron chi connectivity index (χ3n) is 7.41. The summed E-state index contributed by atoms with van der Waals surface area (Å²) in [6.07, 6.45) is 9.14. The number of piperidine rings is 1. The van der Waals surface area contributed by atoms with Crippen LogP contribution in [0.5, 0.6) is 5.88 Å². The van der Waals surface area contributed by atoms with E-state index in [1.54, 1.807) is 7.11 Å². The molecule has 1 atom stereocenters. The standard InChI is InChI=1S/C28H39N7O2/c1-27(2)15-20(16-28(3,4)33-27)34(5)24-13-12-23(31-32-24)21-10-11-22(30-26(21)36-6)19-17-29-35(18-19)25-9-7-8-14-37-25/h10-13,17-18,20,25,33H,7-9,14-16H2,1-6H3. The highest BCUT2D eigenvalue weighted by molar-refractivity contribution is 5.69. The SMILES string of the molecule is COc1nc(-c2cnn(C3CCCCO3)c2)ccc1-c1ccc(N(C)C2CC(C)(C)NC(C)(C)C2)nn1. The van der Waals surface area contributed by atoms with Crippen LogP contribution in [0.2, 0.25) is 0 Å². The molecule has 0 aliphatic carbocycles. The number of nitrogens with zero attached hydrogens (tertiary/aromatic N) is 6. The molecule has 0 amide bonds. The van der Waals surface area contributed by atoms with Gasteiger partial charge in [0.1, 0.15) is 6.23 Å². The maximum absolute atomic E-state index is 5.85. The van der Waals surface area contributed by atoms with Gasteiger partial charge in [0, 0.05) is 42.5 Å². The van der Waals surface area contributed by atoms with E-state index in [4.69, 9.17) is 14.5 Å². The first kappa shape index (κ1) is 25.6. The van der Waals surface area contributed by atoms with Gasteiger partial charge in [0.25, 0.3) is 0 Å². The van der Waals surface area contributed by atoms with Crippen molar-refractivity contribution >= 4 is 5.82 Å². The van der Waals surface area contributed by atoms with E-state index in [2.05, 4.69) is 60.3 Å². The lowest BCUT2D eigenvalue weighted by molar-refractivity contribution is -0.0394. The number of nitrogens with one attached hydrogen (secondary N) is 1. The Morgan fingerprint density at radius 2 is 1.78 bits per heavy atom. The summed E-state index contributed by atoms with van der Waals surface area (Å²) >= 11 is 0. The number of pyridine rings is 1. The zero-order chi connectivity index (χ0) is 26.2. The fourth-order valence-electron chi connectivity index (χ4n) is 5.90. The molecule has 2 aliphatic rings. The van der Waals surface area contributed by atoms with E-state index in [0.717, 1.165) is 67.0 Å². The fourth-order valence-corrected chi connectivity index (χ4v) is 5.90. The Kier molecular flexibility index (Phi) is 6.93. The fraction of sp³-hybridized carbons (Fsp3) is 0.571. The predicted molar refractivity (Wildman–Crippen MR) is 145 cm³/mol. The van der Waals surface area contributed by atoms with E-state index in [1.807, 2.05) is 41.3 Å². The molecule has 0 saturated carbocycles. The third kappa shape index (κ3) is 5.62. The topological polar surface area (TPSA) is 90.2 Å². The maximum atomic E-state index is 5.85. The molecule has 1 N–H and O–H groups in total. The second kappa shape index (κ2) is 10.0. The monoisotopic (exact) mass is 505 g/mol. The van der Waals surface area contributed by atoms with Gasteiger partial charge in [-0.3, -0.25) is 0 Å². The lowest BCUT2D eigenvalue weighted by Crippen LogP contribution is -2.62. The van der Waals surface area contributed by atoms with Crippen LogP contribution in [0.25, 0.3) is 22.5 Å². The molecular weight excluding hydrogens is 466 g/mol. The zero-order valence-electron chi connectivity index (χ0n) is 22.9. The smallest absolute Gasteiger partial charge is 0.223 e. The summed E-state index contributed by atoms with van der Waals surface area (Å²) in [6.45, 7) is 9.84. The molecule has 5 rings (SSSR count). The Morgan fingerprint density at radius 3 is 2.43 bits per heavy atom. The molecule has 0 bridgehead atoms. The van der Waals surface area contributed by atoms with Crippen LogP contribution in [0.4, 0.5) is 5.82 Å². The minimum atomic E-state index is -0.00222. The van der Waals surface area contributed by atoms with E-state index in [9.17, 15) is 0 Å². The van der Waals surface area contributed by atoms with E-state index in [1.165, 1.54) is 0 Å². The minimum absolute atomic E-state index is 0.00222. The number of hydrogen-bond acceptors (Lipinski definition) is 8. The van der Waals surface area contributed by atoms with E-state index < -0.39 is 0 Å². The Hall–Kier alpha value is -3.04. The molecule has 198 valence electrons. The van der Waals surface area contributed by atoms with Crippen molar-refractivity contribution < 1.29 is 9.47 Å². The van der Waals surface area contributed by atoms with Crippen LogP contribution >= 0.6 is 0 Å². The molecule has 0 spiro atoms. The number of rotatable bonds is 6. The van der Waals surface area contributed by atoms with Gasteiger partial charge < -0.3 is 19.7 Å². The molecule has 2 aliphatic heterocycles. The Morgan fingerprint density at radius 1 is 1.03 bits per heavy atom. The number of ether oxygens (including phenoxy) is 2. The van der Waals surface area contributed by atoms with Crippen molar-refractivity contribution in [1.29, 1.82) is 0 Å². The van der Waals surface area contributed by atoms with Crippen molar-refractivity contribution in [2.75, 3.05) is 25.7 Å². The molecule has 3 aromatic rings. The number of hydrogen-bond donors (Lipinski definition) is 1. The van der Waals surface area contributed by atoms with Crippen molar-refractivity contribution in [2.45, 2.75) is 83.1 Å². The molecule has 0 radical (unpaired) electrons. The summed E-state index contributed by atoms with van der Waals surface area (Å²) in [5.74, 6) is 1.37. The third-order valence-corrected chi connectivity index (χ3v) is 7.41. The second-order valence-corrected chi connectivity index (χ2v) is 11.6. The second-order valence-electron chi connectivity index (χ2n) is 11.6. The molecule has 3 aromatic heterocycles. The highest BCUT2D eigenvalue weighted by Crippen LogP contribution is 2.34. The van der Waals surface area contributed by atoms with Gasteiger partial charge >= 0.3 is 0 Å². The van der Waals surface area contributed by atoms with Crippen molar-refractivity contribution in [2.24, 2.45) is 0 Å². The van der Waals surface area contributed by atoms with Gasteiger partial charge in [-0.05, 0) is 84.1 Å². The summed E-state index contributed by atoms with van der Waals surface area (Å²) < 4.78 is 13.4. The molecule has 9 heteroatoms. The average molecular weight is 506 g/mol. The minimum Gasteiger partial charge on any atom is -0.480 e. The summed E-state index contributed by atoms with van der Waals surface area (Å²) in [5.41, 5.74) is 3.38. The summed E-state index contributed by atoms with van der Waals surface area (Å²) in [7, 11) is 3.74. The Bertz CT molecular complexity index is 1200. The van der Waals surface area contributed by atoms with Crippen LogP contribution in [0.1, 0.15) is 66.0 Å². The van der Waals surface area contributed by atoms with Crippen LogP contribution in [-0.4, -0.2) is 62.8 Å². The lowest BCUT2D eigenvalue weighted by Gasteiger charge is -2.49. The van der Waals surface area contributed by atoms with Gasteiger partial charge in [0.05, 0.1) is 30.3 Å². The van der Waals surface area contributed by atoms with Gasteiger partial charge in [0.15, 0.2) is 5.82 Å². The number of aromatic nitrogens is 5. The molecule has 1 unspecified atom stereocenters. The first-order valence-corrected chi connectivity index (χ1v) is 13.2. The number of anilines is 1. The van der Waals surface area contributed by atoms with Gasteiger partial charge in [-0.1, -0.05) is 0 Å². The molecular formula is C28H39N7O2. The summed E-state index contributed by atoms with van der Waals surface area (Å²) in [6, 6.07) is 8.37. The van der Waals surface area contributed by atoms with Crippen molar-refractivity contribution in [1.82, 2.24) is 30.3 Å². The van der Waals surface area contributed by atoms with E-state index in [0.29, 0.717) is 11.9 Å². The molecule has 2 fully saturated rings. The van der Waals surface area contributed by atoms with Crippen LogP contribution < -0.4 is 15.0 Å². The Balaban J connectivity index is 1.34. The first-order valence-electron chi connectivity index (χ1n) is 13.2. The molecule has 2 saturated heterocycles. The van der Waals surface area contributed by atoms with Crippen LogP contribution in [0, 0.1) is 0 Å². The van der Waals surface area contributed by atoms with E-state index >= 15 is 0 Å². The number of methoxy groups -OCH3 is 1. The molecule has 0 aromatic carbocycles. The van der Waals surface area contributed by atoms with Gasteiger partial charge in [-0.15, -0.1) is 10.2 Å². The Labute approximate surface area is 219 Å². The summed E-state index contributed by atoms with van der Waals surface area (Å²) in [4.78, 5) is 7.01. The summed E-state index contributed by atoms with van der Waals surface area (Å²) in [5, 5.41) is 17.4. The molecule has 5 heterocycles. The normalized spacial score (nSPS) is 21.5. The van der Waals surface area contributed by atoms with E-state index in [-0.39, 0.29) is 17.3 Å². The highest BCUT2D eigenvalue weighted by Gasteiger charge is 2.39. The molecule has 37 heavy (non-hydrogen) atoms. The van der Waals surface area contributed by atoms with Crippen LogP contribution in [0.15, 0.2) is 36.7 Å². The van der Waals surface area contributed by atoms with Gasteiger partial charge in [-0.25, -0.2) is 9.67 Å². The van der Waals surface area contributed by atoms with Gasteiger partial charge in [0.2, 0.25) is 5.88 Å². The maximum Gasteiger partial charge on any atom is 0.223 e. The highest BCUT2D eigenvalue weighted by atomic mass is 16.5. The van der Waals surface area contributed by atoms with Crippen molar-refractivity contribution in [3.63, 3.8) is 0 Å². The average Bonchev–Trinajstić information content (AvgIpc) is 3.37. The molecule has 9 nitrogen and oxygen atoms in total. The predicted octanol–water partition coefficient (Wildman–Crippen LogP) is 4.86. The lowest BCUT2D eigenvalue weighted by atomic mass is 9.79. The largest absolute Gasteiger partial charge is 0.480 e. The van der Waals surface area contributed by atoms with Crippen molar-refractivity contribution in [3.05, 3.63) is 36.7 Å². The van der Waals surface area contributed by atoms with Crippen LogP contribution in [0.3, 0.4) is 0 Å². The quantitative estimate of drug-likeness (QED) is 0.508. The first-order chi connectivity index (χ1) is 17.6. The van der Waals surface area contributed by atoms with Crippen molar-refractivity contribution in [3.8, 4) is 28.4 Å². The van der Waals surface area contributed by atoms with Crippen LogP contribution in [-0.2, 0) is 4.74 Å². The zero-order valence-corrected chi connectivity index (χ0v) is 22.9. The van der Waals surface area contributed by atoms with Gasteiger partial charge in [-0.2, -0.15) is 5.10 Å².